The Balaban J connectivity index is 2.52. The predicted molar refractivity (Wildman–Crippen MR) is 60.5 cm³/mol. The average molecular weight is 263 g/mol. The van der Waals surface area contributed by atoms with Crippen molar-refractivity contribution in [3.8, 4) is 5.75 Å². The van der Waals surface area contributed by atoms with Gasteiger partial charge in [0.15, 0.2) is 0 Å². The van der Waals surface area contributed by atoms with Crippen LogP contribution in [0.3, 0.4) is 0 Å². The van der Waals surface area contributed by atoms with E-state index in [2.05, 4.69) is 4.98 Å². The molecule has 2 heterocycles. The maximum Gasteiger partial charge on any atom is 0.142 e. The first-order chi connectivity index (χ1) is 8.92. The van der Waals surface area contributed by atoms with E-state index in [0.717, 1.165) is 18.9 Å². The third-order valence-electron chi connectivity index (χ3n) is 3.58. The van der Waals surface area contributed by atoms with Crippen molar-refractivity contribution in [1.29, 1.82) is 0 Å². The van der Waals surface area contributed by atoms with Gasteiger partial charge in [-0.25, -0.2) is 4.98 Å². The monoisotopic (exact) mass is 263 g/mol. The van der Waals surface area contributed by atoms with Crippen LogP contribution in [0.4, 0.5) is 0 Å². The van der Waals surface area contributed by atoms with Crippen molar-refractivity contribution in [2.45, 2.75) is 38.7 Å². The molecule has 2 rings (SSSR count). The number of carboxylic acid groups (broad SMARTS) is 2. The van der Waals surface area contributed by atoms with E-state index in [1.165, 1.54) is 0 Å². The van der Waals surface area contributed by atoms with Crippen LogP contribution in [0.2, 0.25) is 0 Å². The smallest absolute Gasteiger partial charge is 0.142 e. The van der Waals surface area contributed by atoms with E-state index in [1.54, 1.807) is 0 Å². The van der Waals surface area contributed by atoms with Crippen LogP contribution in [0.5, 0.6) is 5.75 Å². The van der Waals surface area contributed by atoms with Crippen LogP contribution in [-0.2, 0) is 6.42 Å². The van der Waals surface area contributed by atoms with Crippen molar-refractivity contribution >= 4 is 11.9 Å². The molecule has 0 unspecified atom stereocenters. The highest BCUT2D eigenvalue weighted by atomic mass is 16.5. The molecular weight excluding hydrogens is 250 g/mol. The molecule has 0 fully saturated rings. The van der Waals surface area contributed by atoms with Crippen LogP contribution in [0.15, 0.2) is 6.07 Å². The van der Waals surface area contributed by atoms with Crippen LogP contribution in [0.25, 0.3) is 0 Å². The van der Waals surface area contributed by atoms with Gasteiger partial charge in [-0.05, 0) is 18.9 Å². The molecule has 0 aliphatic carbocycles. The fourth-order valence-corrected chi connectivity index (χ4v) is 2.28. The van der Waals surface area contributed by atoms with Crippen molar-refractivity contribution < 1.29 is 24.5 Å². The van der Waals surface area contributed by atoms with Gasteiger partial charge in [0, 0.05) is 12.0 Å². The minimum Gasteiger partial charge on any atom is -0.545 e. The number of carboxylic acids is 2. The number of carbonyl (C=O) groups excluding carboxylic acids is 2. The van der Waals surface area contributed by atoms with Crippen LogP contribution in [-0.4, -0.2) is 22.5 Å². The topological polar surface area (TPSA) is 102 Å². The third kappa shape index (κ3) is 2.14. The number of pyridine rings is 1. The molecule has 0 spiro atoms. The quantitative estimate of drug-likeness (QED) is 0.711. The Morgan fingerprint density at radius 1 is 1.32 bits per heavy atom. The lowest BCUT2D eigenvalue weighted by molar-refractivity contribution is -0.260. The summed E-state index contributed by atoms with van der Waals surface area (Å²) in [6.45, 7) is 3.91. The summed E-state index contributed by atoms with van der Waals surface area (Å²) in [6.07, 6.45) is 1.91. The maximum absolute atomic E-state index is 10.9. The standard InChI is InChI=1S/C13H15NO5/c1-3-13(4-2)6-8-9(19-13)5-7(11(15)16)10(14-8)12(17)18/h5H,3-4,6H2,1-2H3,(H,15,16)(H,17,18)/p-2. The van der Waals surface area contributed by atoms with Crippen LogP contribution < -0.4 is 14.9 Å². The molecule has 19 heavy (non-hydrogen) atoms. The number of aromatic carboxylic acids is 2. The summed E-state index contributed by atoms with van der Waals surface area (Å²) >= 11 is 0. The first-order valence-electron chi connectivity index (χ1n) is 6.08. The fraction of sp³-hybridized carbons (Fsp3) is 0.462. The van der Waals surface area contributed by atoms with E-state index in [1.807, 2.05) is 13.8 Å². The number of nitrogens with zero attached hydrogens (tertiary/aromatic N) is 1. The molecule has 0 saturated carbocycles. The van der Waals surface area contributed by atoms with Crippen molar-refractivity contribution in [3.63, 3.8) is 0 Å². The number of rotatable bonds is 4. The summed E-state index contributed by atoms with van der Waals surface area (Å²) in [7, 11) is 0. The highest BCUT2D eigenvalue weighted by Gasteiger charge is 2.37. The summed E-state index contributed by atoms with van der Waals surface area (Å²) in [4.78, 5) is 25.7. The second-order valence-electron chi connectivity index (χ2n) is 4.57. The molecule has 0 saturated heterocycles. The highest BCUT2D eigenvalue weighted by molar-refractivity contribution is 5.99. The molecule has 102 valence electrons. The van der Waals surface area contributed by atoms with Crippen molar-refractivity contribution in [2.75, 3.05) is 0 Å². The van der Waals surface area contributed by atoms with Crippen LogP contribution in [0, 0.1) is 0 Å². The molecule has 0 bridgehead atoms. The zero-order valence-electron chi connectivity index (χ0n) is 10.7. The molecule has 1 aliphatic heterocycles. The Morgan fingerprint density at radius 2 is 1.95 bits per heavy atom. The minimum atomic E-state index is -1.63. The molecule has 0 amide bonds. The number of fused-ring (bicyclic) bond motifs is 1. The number of carbonyl (C=O) groups is 2. The summed E-state index contributed by atoms with van der Waals surface area (Å²) < 4.78 is 5.75. The molecule has 1 aliphatic rings. The SMILES string of the molecule is CCC1(CC)Cc2nc(C(=O)[O-])c(C(=O)[O-])cc2O1. The zero-order valence-corrected chi connectivity index (χ0v) is 10.7. The predicted octanol–water partition coefficient (Wildman–Crippen LogP) is -0.698. The van der Waals surface area contributed by atoms with Gasteiger partial charge in [0.2, 0.25) is 0 Å². The minimum absolute atomic E-state index is 0.313. The van der Waals surface area contributed by atoms with E-state index in [0.29, 0.717) is 17.9 Å². The highest BCUT2D eigenvalue weighted by Crippen LogP contribution is 2.38. The second-order valence-corrected chi connectivity index (χ2v) is 4.57. The van der Waals surface area contributed by atoms with Crippen LogP contribution in [0.1, 0.15) is 53.2 Å². The van der Waals surface area contributed by atoms with E-state index < -0.39 is 28.8 Å². The summed E-state index contributed by atoms with van der Waals surface area (Å²) in [5, 5.41) is 21.8. The fourth-order valence-electron chi connectivity index (χ4n) is 2.28. The lowest BCUT2D eigenvalue weighted by atomic mass is 9.93. The van der Waals surface area contributed by atoms with E-state index in [-0.39, 0.29) is 0 Å². The zero-order chi connectivity index (χ0) is 14.2. The first kappa shape index (κ1) is 13.3. The van der Waals surface area contributed by atoms with Crippen molar-refractivity contribution in [1.82, 2.24) is 4.98 Å². The molecule has 0 radical (unpaired) electrons. The van der Waals surface area contributed by atoms with Crippen molar-refractivity contribution in [3.05, 3.63) is 23.0 Å². The van der Waals surface area contributed by atoms with E-state index in [4.69, 9.17) is 4.74 Å². The summed E-state index contributed by atoms with van der Waals surface area (Å²) in [5.74, 6) is -2.93. The lowest BCUT2D eigenvalue weighted by Crippen LogP contribution is -2.32. The van der Waals surface area contributed by atoms with Gasteiger partial charge in [0.05, 0.1) is 23.3 Å². The molecule has 6 nitrogen and oxygen atoms in total. The van der Waals surface area contributed by atoms with Gasteiger partial charge in [-0.3, -0.25) is 0 Å². The van der Waals surface area contributed by atoms with E-state index >= 15 is 0 Å². The van der Waals surface area contributed by atoms with Gasteiger partial charge in [0.25, 0.3) is 0 Å². The van der Waals surface area contributed by atoms with Gasteiger partial charge in [-0.15, -0.1) is 0 Å². The van der Waals surface area contributed by atoms with Gasteiger partial charge in [-0.1, -0.05) is 13.8 Å². The molecule has 0 N–H and O–H groups in total. The Kier molecular flexibility index (Phi) is 3.18. The first-order valence-corrected chi connectivity index (χ1v) is 6.08. The lowest BCUT2D eigenvalue weighted by Gasteiger charge is -2.25. The van der Waals surface area contributed by atoms with Gasteiger partial charge in [0.1, 0.15) is 11.4 Å². The van der Waals surface area contributed by atoms with E-state index in [9.17, 15) is 19.8 Å². The molecule has 0 atom stereocenters. The molecule has 0 aromatic carbocycles. The Bertz CT molecular complexity index is 503. The number of hydrogen-bond donors (Lipinski definition) is 0. The largest absolute Gasteiger partial charge is 0.545 e. The summed E-state index contributed by atoms with van der Waals surface area (Å²) in [5.41, 5.74) is -1.11. The maximum atomic E-state index is 10.9. The number of aromatic nitrogens is 1. The Labute approximate surface area is 110 Å². The molecule has 1 aromatic rings. The van der Waals surface area contributed by atoms with Crippen molar-refractivity contribution in [2.24, 2.45) is 0 Å². The Morgan fingerprint density at radius 3 is 2.42 bits per heavy atom. The van der Waals surface area contributed by atoms with Crippen LogP contribution >= 0.6 is 0 Å². The van der Waals surface area contributed by atoms with Gasteiger partial charge >= 0.3 is 0 Å². The Hall–Kier alpha value is -2.11. The molecular formula is C13H13NO5-2. The van der Waals surface area contributed by atoms with Gasteiger partial charge < -0.3 is 24.5 Å². The average Bonchev–Trinajstić information content (AvgIpc) is 2.75. The third-order valence-corrected chi connectivity index (χ3v) is 3.58. The second kappa shape index (κ2) is 4.53. The number of hydrogen-bond acceptors (Lipinski definition) is 6. The number of ether oxygens (including phenoxy) is 1. The summed E-state index contributed by atoms with van der Waals surface area (Å²) in [6, 6.07) is 1.16. The van der Waals surface area contributed by atoms with Gasteiger partial charge in [-0.2, -0.15) is 0 Å². The normalized spacial score (nSPS) is 15.7. The molecule has 6 heteroatoms. The molecule has 1 aromatic heterocycles.